The summed E-state index contributed by atoms with van der Waals surface area (Å²) in [6.07, 6.45) is 2.91. The van der Waals surface area contributed by atoms with Gasteiger partial charge >= 0.3 is 0 Å². The summed E-state index contributed by atoms with van der Waals surface area (Å²) in [6.45, 7) is 1.85. The van der Waals surface area contributed by atoms with Crippen LogP contribution in [0.3, 0.4) is 0 Å². The number of furan rings is 1. The van der Waals surface area contributed by atoms with E-state index in [1.807, 2.05) is 13.0 Å². The lowest BCUT2D eigenvalue weighted by Crippen LogP contribution is -2.33. The van der Waals surface area contributed by atoms with Gasteiger partial charge in [-0.15, -0.1) is 0 Å². The standard InChI is InChI=1S/C21H20ClFN2O4S/c1-14(4-10-18-3-2-12-29-18)24-21(26)15-5-11-19(22)20(13-15)30(27,28)25-17-8-6-16(23)7-9-17/h2-3,5-9,11-14,25H,4,10H2,1H3,(H,24,26). The van der Waals surface area contributed by atoms with Crippen molar-refractivity contribution in [2.45, 2.75) is 30.7 Å². The van der Waals surface area contributed by atoms with E-state index in [2.05, 4.69) is 10.0 Å². The second kappa shape index (κ2) is 9.32. The highest BCUT2D eigenvalue weighted by atomic mass is 35.5. The molecule has 0 saturated carbocycles. The molecular formula is C21H20ClFN2O4S. The third kappa shape index (κ3) is 5.61. The number of hydrogen-bond acceptors (Lipinski definition) is 4. The quantitative estimate of drug-likeness (QED) is 0.524. The minimum absolute atomic E-state index is 0.0352. The molecule has 0 aliphatic rings. The van der Waals surface area contributed by atoms with Gasteiger partial charge in [-0.3, -0.25) is 9.52 Å². The van der Waals surface area contributed by atoms with Crippen LogP contribution in [0.4, 0.5) is 10.1 Å². The molecule has 0 radical (unpaired) electrons. The van der Waals surface area contributed by atoms with Gasteiger partial charge in [-0.25, -0.2) is 12.8 Å². The van der Waals surface area contributed by atoms with E-state index in [1.54, 1.807) is 12.3 Å². The Morgan fingerprint density at radius 3 is 2.57 bits per heavy atom. The maximum absolute atomic E-state index is 13.0. The first-order valence-corrected chi connectivity index (χ1v) is 11.0. The molecule has 1 heterocycles. The predicted molar refractivity (Wildman–Crippen MR) is 113 cm³/mol. The number of nitrogens with one attached hydrogen (secondary N) is 2. The molecule has 3 rings (SSSR count). The molecule has 1 atom stereocenters. The number of carbonyl (C=O) groups is 1. The monoisotopic (exact) mass is 450 g/mol. The van der Waals surface area contributed by atoms with E-state index in [4.69, 9.17) is 16.0 Å². The minimum Gasteiger partial charge on any atom is -0.469 e. The lowest BCUT2D eigenvalue weighted by Gasteiger charge is -2.15. The Morgan fingerprint density at radius 1 is 1.17 bits per heavy atom. The molecule has 0 bridgehead atoms. The van der Waals surface area contributed by atoms with Crippen molar-refractivity contribution in [2.24, 2.45) is 0 Å². The summed E-state index contributed by atoms with van der Waals surface area (Å²) in [5, 5.41) is 2.80. The van der Waals surface area contributed by atoms with Gasteiger partial charge in [0.15, 0.2) is 0 Å². The number of halogens is 2. The summed E-state index contributed by atoms with van der Waals surface area (Å²) >= 11 is 6.07. The number of amides is 1. The van der Waals surface area contributed by atoms with E-state index in [0.29, 0.717) is 12.8 Å². The maximum Gasteiger partial charge on any atom is 0.263 e. The number of anilines is 1. The number of carbonyl (C=O) groups excluding carboxylic acids is 1. The van der Waals surface area contributed by atoms with E-state index in [-0.39, 0.29) is 27.2 Å². The second-order valence-corrected chi connectivity index (χ2v) is 8.81. The summed E-state index contributed by atoms with van der Waals surface area (Å²) < 4.78 is 46.1. The smallest absolute Gasteiger partial charge is 0.263 e. The zero-order valence-electron chi connectivity index (χ0n) is 16.1. The Hall–Kier alpha value is -2.84. The number of sulfonamides is 1. The first-order valence-electron chi connectivity index (χ1n) is 9.16. The largest absolute Gasteiger partial charge is 0.469 e. The van der Waals surface area contributed by atoms with Gasteiger partial charge in [0.25, 0.3) is 15.9 Å². The Morgan fingerprint density at radius 2 is 1.90 bits per heavy atom. The average molecular weight is 451 g/mol. The lowest BCUT2D eigenvalue weighted by molar-refractivity contribution is 0.0938. The van der Waals surface area contributed by atoms with Crippen molar-refractivity contribution in [2.75, 3.05) is 4.72 Å². The van der Waals surface area contributed by atoms with Crippen molar-refractivity contribution in [3.63, 3.8) is 0 Å². The van der Waals surface area contributed by atoms with Gasteiger partial charge in [0.2, 0.25) is 0 Å². The first-order chi connectivity index (χ1) is 14.2. The molecule has 30 heavy (non-hydrogen) atoms. The van der Waals surface area contributed by atoms with Crippen molar-refractivity contribution >= 4 is 33.2 Å². The third-order valence-electron chi connectivity index (χ3n) is 4.36. The molecule has 1 unspecified atom stereocenters. The fourth-order valence-corrected chi connectivity index (χ4v) is 4.36. The minimum atomic E-state index is -4.08. The van der Waals surface area contributed by atoms with Gasteiger partial charge < -0.3 is 9.73 Å². The molecule has 2 N–H and O–H groups in total. The molecule has 0 aliphatic carbocycles. The van der Waals surface area contributed by atoms with Crippen molar-refractivity contribution < 1.29 is 22.0 Å². The number of rotatable bonds is 8. The summed E-state index contributed by atoms with van der Waals surface area (Å²) in [5.41, 5.74) is 0.331. The van der Waals surface area contributed by atoms with E-state index in [9.17, 15) is 17.6 Å². The van der Waals surface area contributed by atoms with Crippen LogP contribution in [-0.2, 0) is 16.4 Å². The maximum atomic E-state index is 13.0. The highest BCUT2D eigenvalue weighted by Gasteiger charge is 2.21. The van der Waals surface area contributed by atoms with Crippen molar-refractivity contribution in [3.05, 3.63) is 83.0 Å². The lowest BCUT2D eigenvalue weighted by atomic mass is 10.1. The molecule has 2 aromatic carbocycles. The topological polar surface area (TPSA) is 88.4 Å². The van der Waals surface area contributed by atoms with Crippen LogP contribution in [0.1, 0.15) is 29.5 Å². The van der Waals surface area contributed by atoms with Crippen LogP contribution in [0, 0.1) is 5.82 Å². The summed E-state index contributed by atoms with van der Waals surface area (Å²) in [5.74, 6) is -0.0875. The zero-order valence-corrected chi connectivity index (χ0v) is 17.6. The first kappa shape index (κ1) is 21.9. The Balaban J connectivity index is 1.71. The summed E-state index contributed by atoms with van der Waals surface area (Å²) in [6, 6.07) is 12.4. The molecule has 3 aromatic rings. The van der Waals surface area contributed by atoms with Gasteiger partial charge in [0.1, 0.15) is 16.5 Å². The van der Waals surface area contributed by atoms with Gasteiger partial charge in [-0.05, 0) is 67.9 Å². The van der Waals surface area contributed by atoms with E-state index in [0.717, 1.165) is 17.9 Å². The van der Waals surface area contributed by atoms with Crippen molar-refractivity contribution in [1.82, 2.24) is 5.32 Å². The van der Waals surface area contributed by atoms with Crippen LogP contribution in [0.5, 0.6) is 0 Å². The van der Waals surface area contributed by atoms with Crippen LogP contribution in [0.15, 0.2) is 70.2 Å². The number of benzene rings is 2. The predicted octanol–water partition coefficient (Wildman–Crippen LogP) is 4.62. The van der Waals surface area contributed by atoms with Crippen LogP contribution in [-0.4, -0.2) is 20.4 Å². The molecule has 9 heteroatoms. The molecule has 0 aliphatic heterocycles. The van der Waals surface area contributed by atoms with Gasteiger partial charge in [-0.2, -0.15) is 0 Å². The average Bonchev–Trinajstić information content (AvgIpc) is 3.22. The molecule has 0 spiro atoms. The Kier molecular flexibility index (Phi) is 6.79. The molecule has 0 fully saturated rings. The Bertz CT molecular complexity index is 1120. The third-order valence-corrected chi connectivity index (χ3v) is 6.22. The van der Waals surface area contributed by atoms with Gasteiger partial charge in [0, 0.05) is 23.7 Å². The molecule has 158 valence electrons. The normalized spacial score (nSPS) is 12.4. The van der Waals surface area contributed by atoms with Crippen molar-refractivity contribution in [3.8, 4) is 0 Å². The second-order valence-electron chi connectivity index (χ2n) is 6.75. The van der Waals surface area contributed by atoms with Crippen LogP contribution >= 0.6 is 11.6 Å². The van der Waals surface area contributed by atoms with E-state index >= 15 is 0 Å². The van der Waals surface area contributed by atoms with E-state index in [1.165, 1.54) is 30.3 Å². The highest BCUT2D eigenvalue weighted by Crippen LogP contribution is 2.25. The molecule has 1 amide bonds. The van der Waals surface area contributed by atoms with Crippen molar-refractivity contribution in [1.29, 1.82) is 0 Å². The molecule has 1 aromatic heterocycles. The van der Waals surface area contributed by atoms with Gasteiger partial charge in [0.05, 0.1) is 11.3 Å². The summed E-state index contributed by atoms with van der Waals surface area (Å²) in [7, 11) is -4.08. The fourth-order valence-electron chi connectivity index (χ4n) is 2.77. The molecule has 0 saturated heterocycles. The number of aryl methyl sites for hydroxylation is 1. The Labute approximate surface area is 179 Å². The SMILES string of the molecule is CC(CCc1ccco1)NC(=O)c1ccc(Cl)c(S(=O)(=O)Nc2ccc(F)cc2)c1. The van der Waals surface area contributed by atoms with Crippen LogP contribution in [0.25, 0.3) is 0 Å². The summed E-state index contributed by atoms with van der Waals surface area (Å²) in [4.78, 5) is 12.3. The van der Waals surface area contributed by atoms with E-state index < -0.39 is 21.7 Å². The molecular weight excluding hydrogens is 431 g/mol. The highest BCUT2D eigenvalue weighted by molar-refractivity contribution is 7.92. The fraction of sp³-hybridized carbons (Fsp3) is 0.190. The molecule has 6 nitrogen and oxygen atoms in total. The number of hydrogen-bond donors (Lipinski definition) is 2. The van der Waals surface area contributed by atoms with Crippen LogP contribution < -0.4 is 10.0 Å². The van der Waals surface area contributed by atoms with Crippen LogP contribution in [0.2, 0.25) is 5.02 Å². The van der Waals surface area contributed by atoms with Gasteiger partial charge in [-0.1, -0.05) is 11.6 Å². The zero-order chi connectivity index (χ0) is 21.7.